The number of carbonyl (C=O) groups is 2. The second kappa shape index (κ2) is 14.5. The quantitative estimate of drug-likeness (QED) is 0.242. The molecule has 3 heterocycles. The molecule has 1 amide bonds. The highest BCUT2D eigenvalue weighted by atomic mass is 19.1. The predicted molar refractivity (Wildman–Crippen MR) is 151 cm³/mol. The van der Waals surface area contributed by atoms with E-state index in [2.05, 4.69) is 32.7 Å². The fraction of sp³-hybridized carbons (Fsp3) is 0.621. The number of hydrogen-bond acceptors (Lipinski definition) is 9. The van der Waals surface area contributed by atoms with Gasteiger partial charge in [0.1, 0.15) is 24.2 Å². The first-order valence-corrected chi connectivity index (χ1v) is 14.3. The normalized spacial score (nSPS) is 16.8. The van der Waals surface area contributed by atoms with Crippen LogP contribution in [0.4, 0.5) is 10.2 Å². The fourth-order valence-electron chi connectivity index (χ4n) is 5.28. The number of nitrogens with zero attached hydrogens (tertiary/aromatic N) is 4. The van der Waals surface area contributed by atoms with Gasteiger partial charge in [0, 0.05) is 44.8 Å². The van der Waals surface area contributed by atoms with Gasteiger partial charge in [-0.25, -0.2) is 19.2 Å². The van der Waals surface area contributed by atoms with Crippen LogP contribution in [0.25, 0.3) is 0 Å². The smallest absolute Gasteiger partial charge is 0.326 e. The lowest BCUT2D eigenvalue weighted by atomic mass is 10.00. The van der Waals surface area contributed by atoms with Crippen LogP contribution in [0.15, 0.2) is 24.5 Å². The summed E-state index contributed by atoms with van der Waals surface area (Å²) in [6.45, 7) is 1.64. The number of hydrogen-bond donors (Lipinski definition) is 3. The van der Waals surface area contributed by atoms with Crippen molar-refractivity contribution in [2.45, 2.75) is 68.9 Å². The lowest BCUT2D eigenvalue weighted by molar-refractivity contribution is -0.142. The standard InChI is InChI=1S/C29H41FN6O5/c1-40-22(18-30)19-36(16-4-3-7-21-9-8-20-6-5-13-32-25(20)34-21)17-10-23(27(37)38)35-28(39)29(11-12-29)24-26(41-2)33-15-14-31-24/h8-9,14-15,22-23H,3-7,10-13,16-19H2,1-2H3,(H,32,34)(H,35,39)(H,37,38). The Bertz CT molecular complexity index is 1180. The zero-order chi connectivity index (χ0) is 29.2. The lowest BCUT2D eigenvalue weighted by Crippen LogP contribution is -2.48. The lowest BCUT2D eigenvalue weighted by Gasteiger charge is -2.27. The number of pyridine rings is 1. The van der Waals surface area contributed by atoms with E-state index in [0.29, 0.717) is 38.2 Å². The minimum atomic E-state index is -1.12. The first-order valence-electron chi connectivity index (χ1n) is 14.3. The summed E-state index contributed by atoms with van der Waals surface area (Å²) in [5.74, 6) is -0.285. The molecule has 1 saturated carbocycles. The summed E-state index contributed by atoms with van der Waals surface area (Å²) in [5, 5.41) is 16.0. The van der Waals surface area contributed by atoms with Crippen LogP contribution in [0.2, 0.25) is 0 Å². The van der Waals surface area contributed by atoms with Gasteiger partial charge < -0.3 is 30.1 Å². The highest BCUT2D eigenvalue weighted by Gasteiger charge is 2.55. The van der Waals surface area contributed by atoms with Gasteiger partial charge in [0.05, 0.1) is 18.6 Å². The molecule has 0 saturated heterocycles. The van der Waals surface area contributed by atoms with E-state index in [-0.39, 0.29) is 12.3 Å². The molecule has 2 unspecified atom stereocenters. The molecule has 1 aliphatic heterocycles. The second-order valence-corrected chi connectivity index (χ2v) is 10.8. The van der Waals surface area contributed by atoms with E-state index >= 15 is 0 Å². The van der Waals surface area contributed by atoms with Crippen LogP contribution in [-0.4, -0.2) is 96.1 Å². The van der Waals surface area contributed by atoms with Crippen molar-refractivity contribution in [3.63, 3.8) is 0 Å². The number of methoxy groups -OCH3 is 2. The van der Waals surface area contributed by atoms with Crippen LogP contribution in [0, 0.1) is 0 Å². The fourth-order valence-corrected chi connectivity index (χ4v) is 5.28. The molecular weight excluding hydrogens is 531 g/mol. The molecule has 11 nitrogen and oxygen atoms in total. The molecule has 2 atom stereocenters. The Hall–Kier alpha value is -3.38. The van der Waals surface area contributed by atoms with Crippen molar-refractivity contribution < 1.29 is 28.6 Å². The monoisotopic (exact) mass is 572 g/mol. The number of anilines is 1. The summed E-state index contributed by atoms with van der Waals surface area (Å²) in [6.07, 6.45) is 8.30. The van der Waals surface area contributed by atoms with Crippen LogP contribution in [0.5, 0.6) is 5.88 Å². The third-order valence-corrected chi connectivity index (χ3v) is 7.91. The average molecular weight is 573 g/mol. The molecule has 1 fully saturated rings. The molecule has 2 aromatic rings. The Morgan fingerprint density at radius 3 is 2.71 bits per heavy atom. The summed E-state index contributed by atoms with van der Waals surface area (Å²) in [6, 6.07) is 3.12. The van der Waals surface area contributed by atoms with Crippen molar-refractivity contribution in [2.24, 2.45) is 0 Å². The zero-order valence-corrected chi connectivity index (χ0v) is 23.9. The first kappa shape index (κ1) is 30.6. The minimum absolute atomic E-state index is 0.162. The molecule has 0 aromatic carbocycles. The number of aliphatic carboxylic acids is 1. The van der Waals surface area contributed by atoms with Crippen molar-refractivity contribution >= 4 is 17.7 Å². The van der Waals surface area contributed by atoms with E-state index in [4.69, 9.17) is 14.5 Å². The number of carboxylic acid groups (broad SMARTS) is 1. The van der Waals surface area contributed by atoms with Crippen molar-refractivity contribution in [1.82, 2.24) is 25.2 Å². The summed E-state index contributed by atoms with van der Waals surface area (Å²) < 4.78 is 24.0. The summed E-state index contributed by atoms with van der Waals surface area (Å²) in [4.78, 5) is 40.6. The zero-order valence-electron chi connectivity index (χ0n) is 23.9. The Morgan fingerprint density at radius 1 is 1.20 bits per heavy atom. The van der Waals surface area contributed by atoms with E-state index in [9.17, 15) is 19.1 Å². The number of nitrogens with one attached hydrogen (secondary N) is 2. The molecule has 2 aliphatic rings. The molecule has 2 aromatic heterocycles. The molecule has 0 radical (unpaired) electrons. The molecule has 41 heavy (non-hydrogen) atoms. The van der Waals surface area contributed by atoms with E-state index in [1.165, 1.54) is 32.2 Å². The maximum absolute atomic E-state index is 13.5. The third kappa shape index (κ3) is 7.88. The number of halogens is 1. The number of carbonyl (C=O) groups excluding carboxylic acids is 1. The van der Waals surface area contributed by atoms with Crippen LogP contribution in [0.3, 0.4) is 0 Å². The Balaban J connectivity index is 1.33. The average Bonchev–Trinajstić information content (AvgIpc) is 3.81. The van der Waals surface area contributed by atoms with Crippen LogP contribution >= 0.6 is 0 Å². The van der Waals surface area contributed by atoms with Crippen LogP contribution in [0.1, 0.15) is 55.5 Å². The van der Waals surface area contributed by atoms with Gasteiger partial charge >= 0.3 is 5.97 Å². The number of carboxylic acids is 1. The number of aromatic nitrogens is 3. The topological polar surface area (TPSA) is 139 Å². The predicted octanol–water partition coefficient (Wildman–Crippen LogP) is 2.54. The molecule has 12 heteroatoms. The molecule has 4 rings (SSSR count). The maximum Gasteiger partial charge on any atom is 0.326 e. The van der Waals surface area contributed by atoms with E-state index in [1.807, 2.05) is 4.90 Å². The number of fused-ring (bicyclic) bond motifs is 1. The summed E-state index contributed by atoms with van der Waals surface area (Å²) >= 11 is 0. The van der Waals surface area contributed by atoms with E-state index in [0.717, 1.165) is 50.2 Å². The van der Waals surface area contributed by atoms with Gasteiger partial charge in [-0.15, -0.1) is 0 Å². The number of aryl methyl sites for hydroxylation is 2. The molecule has 1 aliphatic carbocycles. The first-order chi connectivity index (χ1) is 19.9. The number of rotatable bonds is 17. The van der Waals surface area contributed by atoms with Gasteiger partial charge in [-0.05, 0) is 69.5 Å². The molecular formula is C29H41FN6O5. The maximum atomic E-state index is 13.5. The van der Waals surface area contributed by atoms with Crippen molar-refractivity contribution in [1.29, 1.82) is 0 Å². The van der Waals surface area contributed by atoms with Crippen LogP contribution in [-0.2, 0) is 32.6 Å². The number of amides is 1. The Kier molecular flexibility index (Phi) is 10.8. The number of ether oxygens (including phenoxy) is 2. The Labute approximate surface area is 240 Å². The highest BCUT2D eigenvalue weighted by Crippen LogP contribution is 2.50. The van der Waals surface area contributed by atoms with Gasteiger partial charge in [-0.3, -0.25) is 9.78 Å². The van der Waals surface area contributed by atoms with Crippen LogP contribution < -0.4 is 15.4 Å². The molecule has 224 valence electrons. The molecule has 0 spiro atoms. The Morgan fingerprint density at radius 2 is 2.00 bits per heavy atom. The van der Waals surface area contributed by atoms with Gasteiger partial charge in [-0.1, -0.05) is 6.07 Å². The summed E-state index contributed by atoms with van der Waals surface area (Å²) in [5.41, 5.74) is 1.76. The van der Waals surface area contributed by atoms with Gasteiger partial charge in [-0.2, -0.15) is 0 Å². The third-order valence-electron chi connectivity index (χ3n) is 7.91. The van der Waals surface area contributed by atoms with E-state index < -0.39 is 36.1 Å². The van der Waals surface area contributed by atoms with Gasteiger partial charge in [0.15, 0.2) is 0 Å². The molecule has 3 N–H and O–H groups in total. The van der Waals surface area contributed by atoms with Gasteiger partial charge in [0.2, 0.25) is 11.8 Å². The van der Waals surface area contributed by atoms with E-state index in [1.54, 1.807) is 0 Å². The van der Waals surface area contributed by atoms with Crippen molar-refractivity contribution in [3.8, 4) is 5.88 Å². The second-order valence-electron chi connectivity index (χ2n) is 10.8. The minimum Gasteiger partial charge on any atom is -0.480 e. The summed E-state index contributed by atoms with van der Waals surface area (Å²) in [7, 11) is 2.93. The van der Waals surface area contributed by atoms with Crippen molar-refractivity contribution in [3.05, 3.63) is 41.5 Å². The largest absolute Gasteiger partial charge is 0.480 e. The van der Waals surface area contributed by atoms with Gasteiger partial charge in [0.25, 0.3) is 0 Å². The highest BCUT2D eigenvalue weighted by molar-refractivity contribution is 5.94. The molecule has 0 bridgehead atoms. The number of alkyl halides is 1. The number of unbranched alkanes of at least 4 members (excludes halogenated alkanes) is 1. The van der Waals surface area contributed by atoms with Crippen molar-refractivity contribution in [2.75, 3.05) is 52.4 Å². The SMILES string of the molecule is COc1nccnc1C1(C(=O)NC(CCN(CCCCc2ccc3c(n2)NCCC3)CC(CF)OC)C(=O)O)CC1.